The number of hydrogen-bond acceptors (Lipinski definition) is 3. The smallest absolute Gasteiger partial charge is 0.306 e. The molecule has 0 unspecified atom stereocenters. The summed E-state index contributed by atoms with van der Waals surface area (Å²) in [5.74, 6) is 5.70. The Morgan fingerprint density at radius 3 is 2.67 bits per heavy atom. The van der Waals surface area contributed by atoms with Crippen LogP contribution in [0.25, 0.3) is 0 Å². The number of carbonyl (C=O) groups excluding carboxylic acids is 1. The molecule has 1 rings (SSSR count). The van der Waals surface area contributed by atoms with Crippen LogP contribution in [0.5, 0.6) is 5.75 Å². The van der Waals surface area contributed by atoms with Crippen molar-refractivity contribution in [3.05, 3.63) is 29.8 Å². The maximum Gasteiger partial charge on any atom is 0.306 e. The van der Waals surface area contributed by atoms with Crippen LogP contribution in [0.1, 0.15) is 18.4 Å². The minimum absolute atomic E-state index is 0.218. The summed E-state index contributed by atoms with van der Waals surface area (Å²) in [6, 6.07) is 6.59. The topological polar surface area (TPSA) is 46.5 Å². The van der Waals surface area contributed by atoms with Gasteiger partial charge in [-0.1, -0.05) is 11.8 Å². The molecule has 3 heteroatoms. The van der Waals surface area contributed by atoms with Crippen LogP contribution in [-0.4, -0.2) is 18.2 Å². The molecule has 1 aromatic rings. The zero-order chi connectivity index (χ0) is 11.1. The number of carbonyl (C=O) groups is 1. The molecular formula is C12H12O3. The number of hydrogen-bond donors (Lipinski definition) is 1. The summed E-state index contributed by atoms with van der Waals surface area (Å²) in [6.07, 6.45) is 0.787. The predicted octanol–water partition coefficient (Wildman–Crippen LogP) is 1.70. The van der Waals surface area contributed by atoms with Crippen LogP contribution in [0.2, 0.25) is 0 Å². The fraction of sp³-hybridized carbons (Fsp3) is 0.250. The number of ether oxygens (including phenoxy) is 1. The summed E-state index contributed by atoms with van der Waals surface area (Å²) < 4.78 is 4.48. The minimum atomic E-state index is -0.255. The number of phenolic OH excluding ortho intramolecular Hbond substituents is 1. The van der Waals surface area contributed by atoms with E-state index in [4.69, 9.17) is 5.11 Å². The van der Waals surface area contributed by atoms with Crippen LogP contribution in [0.4, 0.5) is 0 Å². The zero-order valence-electron chi connectivity index (χ0n) is 8.49. The molecule has 3 nitrogen and oxygen atoms in total. The van der Waals surface area contributed by atoms with Gasteiger partial charge in [-0.25, -0.2) is 0 Å². The van der Waals surface area contributed by atoms with Gasteiger partial charge in [0.15, 0.2) is 0 Å². The van der Waals surface area contributed by atoms with Crippen LogP contribution in [0.15, 0.2) is 24.3 Å². The van der Waals surface area contributed by atoms with Crippen molar-refractivity contribution in [1.29, 1.82) is 0 Å². The summed E-state index contributed by atoms with van der Waals surface area (Å²) in [5.41, 5.74) is 0.817. The van der Waals surface area contributed by atoms with Gasteiger partial charge in [-0.15, -0.1) is 0 Å². The first-order chi connectivity index (χ1) is 7.22. The molecule has 1 aromatic carbocycles. The lowest BCUT2D eigenvalue weighted by molar-refractivity contribution is -0.140. The SMILES string of the molecule is COC(=O)CCC#Cc1ccc(O)cc1. The largest absolute Gasteiger partial charge is 0.508 e. The molecule has 0 spiro atoms. The van der Waals surface area contributed by atoms with Gasteiger partial charge in [0, 0.05) is 12.0 Å². The third-order valence-corrected chi connectivity index (χ3v) is 1.78. The number of rotatable bonds is 2. The van der Waals surface area contributed by atoms with Crippen molar-refractivity contribution in [1.82, 2.24) is 0 Å². The number of aromatic hydroxyl groups is 1. The van der Waals surface area contributed by atoms with Crippen molar-refractivity contribution in [3.63, 3.8) is 0 Å². The van der Waals surface area contributed by atoms with Crippen molar-refractivity contribution < 1.29 is 14.6 Å². The van der Waals surface area contributed by atoms with E-state index in [1.165, 1.54) is 7.11 Å². The zero-order valence-corrected chi connectivity index (χ0v) is 8.49. The van der Waals surface area contributed by atoms with Gasteiger partial charge < -0.3 is 9.84 Å². The summed E-state index contributed by atoms with van der Waals surface area (Å²) >= 11 is 0. The molecule has 0 aliphatic carbocycles. The molecule has 0 radical (unpaired) electrons. The molecule has 0 aliphatic rings. The van der Waals surface area contributed by atoms with E-state index in [1.54, 1.807) is 24.3 Å². The molecule has 15 heavy (non-hydrogen) atoms. The highest BCUT2D eigenvalue weighted by Crippen LogP contribution is 2.08. The van der Waals surface area contributed by atoms with Crippen molar-refractivity contribution in [2.45, 2.75) is 12.8 Å². The minimum Gasteiger partial charge on any atom is -0.508 e. The molecule has 0 saturated heterocycles. The molecule has 0 fully saturated rings. The molecule has 0 heterocycles. The maximum absolute atomic E-state index is 10.7. The van der Waals surface area contributed by atoms with Gasteiger partial charge in [-0.05, 0) is 24.3 Å². The Morgan fingerprint density at radius 1 is 1.40 bits per heavy atom. The lowest BCUT2D eigenvalue weighted by Crippen LogP contribution is -1.98. The highest BCUT2D eigenvalue weighted by Gasteiger charge is 1.95. The number of benzene rings is 1. The Hall–Kier alpha value is -1.95. The van der Waals surface area contributed by atoms with Crippen molar-refractivity contribution in [2.75, 3.05) is 7.11 Å². The van der Waals surface area contributed by atoms with Gasteiger partial charge in [0.2, 0.25) is 0 Å². The van der Waals surface area contributed by atoms with Crippen molar-refractivity contribution >= 4 is 5.97 Å². The fourth-order valence-corrected chi connectivity index (χ4v) is 0.976. The van der Waals surface area contributed by atoms with E-state index in [-0.39, 0.29) is 11.7 Å². The van der Waals surface area contributed by atoms with Crippen LogP contribution in [-0.2, 0) is 9.53 Å². The quantitative estimate of drug-likeness (QED) is 0.589. The number of methoxy groups -OCH3 is 1. The van der Waals surface area contributed by atoms with E-state index in [1.807, 2.05) is 0 Å². The Bertz CT molecular complexity index is 382. The molecular weight excluding hydrogens is 192 g/mol. The molecule has 0 aromatic heterocycles. The van der Waals surface area contributed by atoms with E-state index in [2.05, 4.69) is 16.6 Å². The molecule has 0 aliphatic heterocycles. The second-order valence-corrected chi connectivity index (χ2v) is 2.92. The van der Waals surface area contributed by atoms with E-state index in [9.17, 15) is 4.79 Å². The second-order valence-electron chi connectivity index (χ2n) is 2.92. The Labute approximate surface area is 88.7 Å². The third kappa shape index (κ3) is 4.19. The Morgan fingerprint density at radius 2 is 2.07 bits per heavy atom. The van der Waals surface area contributed by atoms with Crippen molar-refractivity contribution in [2.24, 2.45) is 0 Å². The van der Waals surface area contributed by atoms with Gasteiger partial charge >= 0.3 is 5.97 Å². The first kappa shape index (κ1) is 11.1. The van der Waals surface area contributed by atoms with Gasteiger partial charge in [0.1, 0.15) is 5.75 Å². The highest BCUT2D eigenvalue weighted by atomic mass is 16.5. The summed E-state index contributed by atoms with van der Waals surface area (Å²) in [4.78, 5) is 10.7. The van der Waals surface area contributed by atoms with E-state index in [0.717, 1.165) is 5.56 Å². The standard InChI is InChI=1S/C12H12O3/c1-15-12(14)5-3-2-4-10-6-8-11(13)9-7-10/h6-9,13H,3,5H2,1H3. The average molecular weight is 204 g/mol. The summed E-state index contributed by atoms with van der Waals surface area (Å²) in [5, 5.41) is 9.02. The molecule has 78 valence electrons. The Balaban J connectivity index is 2.44. The molecule has 0 bridgehead atoms. The molecule has 0 atom stereocenters. The van der Waals surface area contributed by atoms with Gasteiger partial charge in [-0.2, -0.15) is 0 Å². The van der Waals surface area contributed by atoms with E-state index >= 15 is 0 Å². The average Bonchev–Trinajstić information content (AvgIpc) is 2.26. The monoisotopic (exact) mass is 204 g/mol. The fourth-order valence-electron chi connectivity index (χ4n) is 0.976. The second kappa shape index (κ2) is 5.71. The normalized spacial score (nSPS) is 8.87. The third-order valence-electron chi connectivity index (χ3n) is 1.78. The lowest BCUT2D eigenvalue weighted by Gasteiger charge is -1.93. The van der Waals surface area contributed by atoms with Gasteiger partial charge in [0.05, 0.1) is 13.5 Å². The first-order valence-electron chi connectivity index (χ1n) is 4.57. The first-order valence-corrected chi connectivity index (χ1v) is 4.57. The molecule has 0 saturated carbocycles. The van der Waals surface area contributed by atoms with Crippen LogP contribution >= 0.6 is 0 Å². The molecule has 0 amide bonds. The van der Waals surface area contributed by atoms with Crippen LogP contribution in [0, 0.1) is 11.8 Å². The highest BCUT2D eigenvalue weighted by molar-refractivity contribution is 5.69. The predicted molar refractivity (Wildman–Crippen MR) is 56.2 cm³/mol. The van der Waals surface area contributed by atoms with Crippen LogP contribution < -0.4 is 0 Å². The van der Waals surface area contributed by atoms with E-state index < -0.39 is 0 Å². The van der Waals surface area contributed by atoms with Gasteiger partial charge in [-0.3, -0.25) is 4.79 Å². The van der Waals surface area contributed by atoms with Crippen LogP contribution in [0.3, 0.4) is 0 Å². The lowest BCUT2D eigenvalue weighted by atomic mass is 10.2. The number of esters is 1. The maximum atomic E-state index is 10.7. The number of phenols is 1. The van der Waals surface area contributed by atoms with Gasteiger partial charge in [0.25, 0.3) is 0 Å². The summed E-state index contributed by atoms with van der Waals surface area (Å²) in [7, 11) is 1.36. The Kier molecular flexibility index (Phi) is 4.24. The van der Waals surface area contributed by atoms with E-state index in [0.29, 0.717) is 12.8 Å². The van der Waals surface area contributed by atoms with Crippen molar-refractivity contribution in [3.8, 4) is 17.6 Å². The summed E-state index contributed by atoms with van der Waals surface area (Å²) in [6.45, 7) is 0. The molecule has 1 N–H and O–H groups in total.